The maximum Gasteiger partial charge on any atom is 0.330 e. The number of ether oxygens (including phenoxy) is 1. The minimum atomic E-state index is -1.74. The Bertz CT molecular complexity index is 1520. The van der Waals surface area contributed by atoms with Gasteiger partial charge in [-0.05, 0) is 61.4 Å². The number of methoxy groups -OCH3 is 1. The van der Waals surface area contributed by atoms with Gasteiger partial charge < -0.3 is 14.7 Å². The smallest absolute Gasteiger partial charge is 0.330 e. The van der Waals surface area contributed by atoms with E-state index in [2.05, 4.69) is 0 Å². The highest BCUT2D eigenvalue weighted by molar-refractivity contribution is 6.04. The van der Waals surface area contributed by atoms with Crippen molar-refractivity contribution in [3.05, 3.63) is 137 Å². The molecule has 4 unspecified atom stereocenters. The van der Waals surface area contributed by atoms with Crippen LogP contribution in [0, 0.1) is 12.8 Å². The van der Waals surface area contributed by atoms with Crippen molar-refractivity contribution in [3.63, 3.8) is 0 Å². The lowest BCUT2D eigenvalue weighted by atomic mass is 9.71. The molecule has 4 aromatic rings. The summed E-state index contributed by atoms with van der Waals surface area (Å²) in [6.45, 7) is 3.52. The second-order valence-corrected chi connectivity index (χ2v) is 10.4. The Morgan fingerprint density at radius 3 is 1.88 bits per heavy atom. The predicted molar refractivity (Wildman–Crippen MR) is 153 cm³/mol. The molecule has 4 aromatic carbocycles. The fraction of sp³-hybridized carbons (Fsp3) is 0.206. The number of aryl methyl sites for hydroxylation is 1. The normalized spacial score (nSPS) is 22.1. The van der Waals surface area contributed by atoms with E-state index in [0.717, 1.165) is 5.56 Å². The van der Waals surface area contributed by atoms with E-state index in [0.29, 0.717) is 28.0 Å². The molecule has 0 spiro atoms. The summed E-state index contributed by atoms with van der Waals surface area (Å²) in [5.74, 6) is -2.96. The second kappa shape index (κ2) is 10.8. The van der Waals surface area contributed by atoms with Gasteiger partial charge in [0, 0.05) is 17.0 Å². The van der Waals surface area contributed by atoms with E-state index in [-0.39, 0.29) is 5.78 Å². The molecule has 0 bridgehead atoms. The Labute approximate surface area is 233 Å². The number of aliphatic carboxylic acids is 1. The molecule has 0 radical (unpaired) electrons. The quantitative estimate of drug-likeness (QED) is 0.281. The average molecular weight is 534 g/mol. The maximum absolute atomic E-state index is 14.5. The number of ketones is 1. The van der Waals surface area contributed by atoms with Crippen molar-refractivity contribution >= 4 is 17.7 Å². The summed E-state index contributed by atoms with van der Waals surface area (Å²) >= 11 is 0. The summed E-state index contributed by atoms with van der Waals surface area (Å²) in [5, 5.41) is 10.9. The molecule has 1 aliphatic heterocycles. The highest BCUT2D eigenvalue weighted by Crippen LogP contribution is 2.57. The first kappa shape index (κ1) is 26.9. The average Bonchev–Trinajstić information content (AvgIpc) is 3.28. The molecule has 5 rings (SSSR count). The Hall–Kier alpha value is -4.71. The third-order valence-electron chi connectivity index (χ3n) is 8.01. The standard InChI is InChI=1S/C34H31NO5/c1-22-14-16-24(17-15-22)30-28(31(36)25-18-20-27(40-3)21-19-25)29(23-10-6-4-7-11-23)34(2,33(38)39)35(30)32(37)26-12-8-5-9-13-26/h4-21,28-30H,1-3H3,(H,38,39). The first-order valence-corrected chi connectivity index (χ1v) is 13.2. The zero-order chi connectivity index (χ0) is 28.4. The van der Waals surface area contributed by atoms with Crippen LogP contribution >= 0.6 is 0 Å². The summed E-state index contributed by atoms with van der Waals surface area (Å²) in [4.78, 5) is 43.6. The van der Waals surface area contributed by atoms with Gasteiger partial charge in [-0.15, -0.1) is 0 Å². The van der Waals surface area contributed by atoms with E-state index < -0.39 is 35.3 Å². The number of Topliss-reactive ketones (excluding diaryl/α,β-unsaturated/α-hetero) is 1. The molecule has 0 aliphatic carbocycles. The van der Waals surface area contributed by atoms with Gasteiger partial charge in [-0.3, -0.25) is 9.59 Å². The Balaban J connectivity index is 1.80. The van der Waals surface area contributed by atoms with Crippen LogP contribution in [0.25, 0.3) is 0 Å². The molecule has 202 valence electrons. The van der Waals surface area contributed by atoms with Gasteiger partial charge in [-0.1, -0.05) is 78.4 Å². The number of hydrogen-bond acceptors (Lipinski definition) is 4. The minimum absolute atomic E-state index is 0.238. The summed E-state index contributed by atoms with van der Waals surface area (Å²) in [6.07, 6.45) is 0. The van der Waals surface area contributed by atoms with Gasteiger partial charge in [0.1, 0.15) is 11.3 Å². The topological polar surface area (TPSA) is 83.9 Å². The van der Waals surface area contributed by atoms with Gasteiger partial charge in [0.05, 0.1) is 19.1 Å². The van der Waals surface area contributed by atoms with Gasteiger partial charge in [0.25, 0.3) is 5.91 Å². The lowest BCUT2D eigenvalue weighted by molar-refractivity contribution is -0.148. The number of carboxylic acid groups (broad SMARTS) is 1. The van der Waals surface area contributed by atoms with Crippen LogP contribution in [0.5, 0.6) is 5.75 Å². The summed E-state index contributed by atoms with van der Waals surface area (Å²) in [7, 11) is 1.55. The van der Waals surface area contributed by atoms with Crippen LogP contribution in [0.3, 0.4) is 0 Å². The number of amides is 1. The van der Waals surface area contributed by atoms with Crippen LogP contribution in [0.4, 0.5) is 0 Å². The van der Waals surface area contributed by atoms with Crippen LogP contribution in [0.2, 0.25) is 0 Å². The Morgan fingerprint density at radius 1 is 0.750 bits per heavy atom. The zero-order valence-corrected chi connectivity index (χ0v) is 22.7. The number of likely N-dealkylation sites (tertiary alicyclic amines) is 1. The zero-order valence-electron chi connectivity index (χ0n) is 22.7. The first-order valence-electron chi connectivity index (χ1n) is 13.2. The van der Waals surface area contributed by atoms with E-state index >= 15 is 0 Å². The summed E-state index contributed by atoms with van der Waals surface area (Å²) < 4.78 is 5.29. The molecule has 1 N–H and O–H groups in total. The van der Waals surface area contributed by atoms with Crippen molar-refractivity contribution in [2.45, 2.75) is 31.3 Å². The Kier molecular flexibility index (Phi) is 7.26. The van der Waals surface area contributed by atoms with Gasteiger partial charge >= 0.3 is 5.97 Å². The van der Waals surface area contributed by atoms with Crippen molar-refractivity contribution in [1.29, 1.82) is 0 Å². The fourth-order valence-corrected chi connectivity index (χ4v) is 5.98. The number of hydrogen-bond donors (Lipinski definition) is 1. The van der Waals surface area contributed by atoms with Crippen LogP contribution in [-0.2, 0) is 4.79 Å². The minimum Gasteiger partial charge on any atom is -0.497 e. The molecule has 1 amide bonds. The van der Waals surface area contributed by atoms with Crippen LogP contribution < -0.4 is 4.74 Å². The second-order valence-electron chi connectivity index (χ2n) is 10.4. The van der Waals surface area contributed by atoms with Crippen molar-refractivity contribution in [1.82, 2.24) is 4.90 Å². The van der Waals surface area contributed by atoms with Crippen molar-refractivity contribution in [2.24, 2.45) is 5.92 Å². The molecule has 0 saturated carbocycles. The third-order valence-corrected chi connectivity index (χ3v) is 8.01. The van der Waals surface area contributed by atoms with E-state index in [1.807, 2.05) is 61.5 Å². The van der Waals surface area contributed by atoms with Crippen molar-refractivity contribution < 1.29 is 24.2 Å². The van der Waals surface area contributed by atoms with E-state index in [4.69, 9.17) is 4.74 Å². The maximum atomic E-state index is 14.5. The first-order chi connectivity index (χ1) is 19.3. The van der Waals surface area contributed by atoms with Gasteiger partial charge in [-0.25, -0.2) is 4.79 Å². The van der Waals surface area contributed by atoms with Crippen molar-refractivity contribution in [3.8, 4) is 5.75 Å². The van der Waals surface area contributed by atoms with Crippen LogP contribution in [0.15, 0.2) is 109 Å². The fourth-order valence-electron chi connectivity index (χ4n) is 5.98. The van der Waals surface area contributed by atoms with Crippen LogP contribution in [-0.4, -0.2) is 40.3 Å². The molecule has 1 saturated heterocycles. The highest BCUT2D eigenvalue weighted by atomic mass is 16.5. The summed E-state index contributed by atoms with van der Waals surface area (Å²) in [5.41, 5.74) is 1.44. The molecular formula is C34H31NO5. The lowest BCUT2D eigenvalue weighted by Gasteiger charge is -2.38. The van der Waals surface area contributed by atoms with Crippen molar-refractivity contribution in [2.75, 3.05) is 7.11 Å². The number of benzene rings is 4. The van der Waals surface area contributed by atoms with E-state index in [9.17, 15) is 19.5 Å². The predicted octanol–water partition coefficient (Wildman–Crippen LogP) is 6.33. The van der Waals surface area contributed by atoms with E-state index in [1.54, 1.807) is 68.6 Å². The monoisotopic (exact) mass is 533 g/mol. The number of carbonyl (C=O) groups excluding carboxylic acids is 2. The van der Waals surface area contributed by atoms with E-state index in [1.165, 1.54) is 4.90 Å². The Morgan fingerprint density at radius 2 is 1.32 bits per heavy atom. The van der Waals surface area contributed by atoms with Gasteiger partial charge in [0.15, 0.2) is 5.78 Å². The molecule has 40 heavy (non-hydrogen) atoms. The number of carboxylic acids is 1. The van der Waals surface area contributed by atoms with Gasteiger partial charge in [0.2, 0.25) is 0 Å². The molecule has 1 heterocycles. The lowest BCUT2D eigenvalue weighted by Crippen LogP contribution is -2.54. The molecule has 1 fully saturated rings. The summed E-state index contributed by atoms with van der Waals surface area (Å²) in [6, 6.07) is 31.4. The van der Waals surface area contributed by atoms with Gasteiger partial charge in [-0.2, -0.15) is 0 Å². The molecule has 6 nitrogen and oxygen atoms in total. The molecule has 4 atom stereocenters. The molecule has 6 heteroatoms. The molecule has 1 aliphatic rings. The SMILES string of the molecule is COc1ccc(C(=O)C2C(c3ccc(C)cc3)N(C(=O)c3ccccc3)C(C)(C(=O)O)C2c2ccccc2)cc1. The largest absolute Gasteiger partial charge is 0.497 e. The highest BCUT2D eigenvalue weighted by Gasteiger charge is 2.64. The van der Waals surface area contributed by atoms with Crippen LogP contribution in [0.1, 0.15) is 56.3 Å². The third kappa shape index (κ3) is 4.56. The number of carbonyl (C=O) groups is 3. The molecule has 0 aromatic heterocycles. The molecular weight excluding hydrogens is 502 g/mol. The number of rotatable bonds is 7. The number of nitrogens with zero attached hydrogens (tertiary/aromatic N) is 1.